The van der Waals surface area contributed by atoms with Gasteiger partial charge in [-0.15, -0.1) is 0 Å². The highest BCUT2D eigenvalue weighted by Gasteiger charge is 2.29. The molecule has 32 heavy (non-hydrogen) atoms. The summed E-state index contributed by atoms with van der Waals surface area (Å²) in [5.74, 6) is -0.774. The topological polar surface area (TPSA) is 52.6 Å². The molecule has 0 spiro atoms. The Kier molecular flexibility index (Phi) is 8.79. The standard InChI is InChI=1S/C25H23BrIO4S/c1-25(2,27)24(29)31-17-16-30-23(28)18-8-12-21(13-9-18)32(20-6-4-3-5-7-20)22-14-10-19(26)11-15-22/h3-15H,16-17H2,1-2H3/q+1. The number of carbonyl (C=O) groups excluding carboxylic acids is 2. The van der Waals surface area contributed by atoms with E-state index in [1.807, 2.05) is 65.1 Å². The fraction of sp³-hybridized carbons (Fsp3) is 0.200. The summed E-state index contributed by atoms with van der Waals surface area (Å²) in [5.41, 5.74) is 0.460. The number of hydrogen-bond acceptors (Lipinski definition) is 4. The number of halogens is 2. The lowest BCUT2D eigenvalue weighted by Gasteiger charge is -2.14. The van der Waals surface area contributed by atoms with E-state index in [1.165, 1.54) is 9.79 Å². The molecule has 1 unspecified atom stereocenters. The first-order valence-corrected chi connectivity index (χ1v) is 13.0. The molecule has 0 aromatic heterocycles. The lowest BCUT2D eigenvalue weighted by molar-refractivity contribution is -0.146. The Balaban J connectivity index is 1.70. The molecule has 0 radical (unpaired) electrons. The molecule has 0 aliphatic heterocycles. The van der Waals surface area contributed by atoms with Crippen LogP contribution in [0.25, 0.3) is 0 Å². The zero-order valence-corrected chi connectivity index (χ0v) is 22.3. The van der Waals surface area contributed by atoms with Crippen LogP contribution in [0.5, 0.6) is 0 Å². The van der Waals surface area contributed by atoms with Crippen LogP contribution in [0.3, 0.4) is 0 Å². The van der Waals surface area contributed by atoms with E-state index in [-0.39, 0.29) is 30.1 Å². The molecule has 0 N–H and O–H groups in total. The summed E-state index contributed by atoms with van der Waals surface area (Å²) in [5, 5.41) is 0. The van der Waals surface area contributed by atoms with Crippen molar-refractivity contribution in [1.82, 2.24) is 0 Å². The van der Waals surface area contributed by atoms with Gasteiger partial charge in [-0.1, -0.05) is 56.7 Å². The smallest absolute Gasteiger partial charge is 0.338 e. The SMILES string of the molecule is CC(C)(I)C(=O)OCCOC(=O)c1ccc([S+](c2ccccc2)c2ccc(Br)cc2)cc1. The highest BCUT2D eigenvalue weighted by Crippen LogP contribution is 2.32. The molecule has 0 aliphatic rings. The first-order valence-electron chi connectivity index (χ1n) is 9.94. The second-order valence-electron chi connectivity index (χ2n) is 7.34. The van der Waals surface area contributed by atoms with Gasteiger partial charge in [0.2, 0.25) is 0 Å². The van der Waals surface area contributed by atoms with E-state index in [0.29, 0.717) is 5.56 Å². The first-order chi connectivity index (χ1) is 15.3. The zero-order valence-electron chi connectivity index (χ0n) is 17.7. The molecule has 0 heterocycles. The van der Waals surface area contributed by atoms with Crippen LogP contribution < -0.4 is 0 Å². The van der Waals surface area contributed by atoms with Crippen molar-refractivity contribution in [3.05, 3.63) is 88.9 Å². The van der Waals surface area contributed by atoms with Crippen LogP contribution in [0.2, 0.25) is 0 Å². The van der Waals surface area contributed by atoms with E-state index in [2.05, 4.69) is 40.2 Å². The molecular formula is C25H23BrIO4S+. The Bertz CT molecular complexity index is 1050. The normalized spacial score (nSPS) is 12.1. The maximum absolute atomic E-state index is 12.4. The molecule has 0 aliphatic carbocycles. The van der Waals surface area contributed by atoms with E-state index in [0.717, 1.165) is 9.37 Å². The molecule has 7 heteroatoms. The second-order valence-corrected chi connectivity index (χ2v) is 13.0. The van der Waals surface area contributed by atoms with E-state index >= 15 is 0 Å². The highest BCUT2D eigenvalue weighted by molar-refractivity contribution is 14.1. The number of esters is 2. The number of ether oxygens (including phenoxy) is 2. The van der Waals surface area contributed by atoms with Crippen LogP contribution in [-0.2, 0) is 25.2 Å². The number of carbonyl (C=O) groups is 2. The quantitative estimate of drug-likeness (QED) is 0.0948. The fourth-order valence-electron chi connectivity index (χ4n) is 2.79. The third-order valence-electron chi connectivity index (χ3n) is 4.39. The fourth-order valence-corrected chi connectivity index (χ4v) is 5.27. The van der Waals surface area contributed by atoms with Crippen LogP contribution >= 0.6 is 38.5 Å². The van der Waals surface area contributed by atoms with Gasteiger partial charge in [-0.3, -0.25) is 4.79 Å². The van der Waals surface area contributed by atoms with Crippen molar-refractivity contribution in [1.29, 1.82) is 0 Å². The van der Waals surface area contributed by atoms with E-state index in [4.69, 9.17) is 9.47 Å². The summed E-state index contributed by atoms with van der Waals surface area (Å²) in [4.78, 5) is 27.6. The Labute approximate surface area is 213 Å². The molecule has 4 nitrogen and oxygen atoms in total. The molecule has 1 atom stereocenters. The molecule has 3 rings (SSSR count). The minimum absolute atomic E-state index is 0.0202. The van der Waals surface area contributed by atoms with Crippen molar-refractivity contribution in [3.63, 3.8) is 0 Å². The first kappa shape index (κ1) is 24.8. The molecule has 0 bridgehead atoms. The highest BCUT2D eigenvalue weighted by atomic mass is 127. The zero-order chi connectivity index (χ0) is 23.1. The minimum Gasteiger partial charge on any atom is -0.461 e. The molecular weight excluding hydrogens is 603 g/mol. The Morgan fingerprint density at radius 1 is 0.812 bits per heavy atom. The Morgan fingerprint density at radius 3 is 1.88 bits per heavy atom. The minimum atomic E-state index is -0.609. The average molecular weight is 626 g/mol. The van der Waals surface area contributed by atoms with Crippen molar-refractivity contribution in [2.45, 2.75) is 32.0 Å². The van der Waals surface area contributed by atoms with E-state index < -0.39 is 9.39 Å². The summed E-state index contributed by atoms with van der Waals surface area (Å²) in [7, 11) is -0.296. The van der Waals surface area contributed by atoms with Crippen molar-refractivity contribution >= 4 is 61.4 Å². The van der Waals surface area contributed by atoms with Crippen molar-refractivity contribution in [2.75, 3.05) is 13.2 Å². The van der Waals surface area contributed by atoms with Crippen molar-refractivity contribution in [3.8, 4) is 0 Å². The maximum atomic E-state index is 12.4. The Hall–Kier alpha value is -1.84. The van der Waals surface area contributed by atoms with Gasteiger partial charge in [0.25, 0.3) is 0 Å². The van der Waals surface area contributed by atoms with Gasteiger partial charge < -0.3 is 9.47 Å². The van der Waals surface area contributed by atoms with Gasteiger partial charge in [0, 0.05) is 4.47 Å². The third-order valence-corrected chi connectivity index (χ3v) is 7.59. The van der Waals surface area contributed by atoms with Gasteiger partial charge >= 0.3 is 11.9 Å². The number of benzene rings is 3. The Morgan fingerprint density at radius 2 is 1.31 bits per heavy atom. The molecule has 0 saturated heterocycles. The summed E-state index contributed by atoms with van der Waals surface area (Å²) in [6, 6.07) is 26.1. The summed E-state index contributed by atoms with van der Waals surface area (Å²) < 4.78 is 10.8. The van der Waals surface area contributed by atoms with Crippen molar-refractivity contribution in [2.24, 2.45) is 0 Å². The van der Waals surface area contributed by atoms with Gasteiger partial charge in [0.15, 0.2) is 14.7 Å². The third kappa shape index (κ3) is 6.83. The van der Waals surface area contributed by atoms with Crippen LogP contribution in [0.1, 0.15) is 24.2 Å². The molecule has 3 aromatic carbocycles. The number of alkyl halides is 1. The number of hydrogen-bond donors (Lipinski definition) is 0. The maximum Gasteiger partial charge on any atom is 0.338 e. The van der Waals surface area contributed by atoms with Gasteiger partial charge in [-0.05, 0) is 74.5 Å². The van der Waals surface area contributed by atoms with Crippen LogP contribution in [0.15, 0.2) is 98.0 Å². The molecule has 0 fully saturated rings. The predicted molar refractivity (Wildman–Crippen MR) is 139 cm³/mol. The summed E-state index contributed by atoms with van der Waals surface area (Å²) in [6.45, 7) is 3.59. The molecule has 0 amide bonds. The molecule has 166 valence electrons. The lowest BCUT2D eigenvalue weighted by Crippen LogP contribution is -2.28. The van der Waals surface area contributed by atoms with Gasteiger partial charge in [-0.2, -0.15) is 0 Å². The van der Waals surface area contributed by atoms with Gasteiger partial charge in [-0.25, -0.2) is 4.79 Å². The summed E-state index contributed by atoms with van der Waals surface area (Å²) in [6.07, 6.45) is 0. The van der Waals surface area contributed by atoms with Gasteiger partial charge in [0.1, 0.15) is 16.6 Å². The largest absolute Gasteiger partial charge is 0.461 e. The van der Waals surface area contributed by atoms with E-state index in [9.17, 15) is 9.59 Å². The summed E-state index contributed by atoms with van der Waals surface area (Å²) >= 11 is 5.51. The van der Waals surface area contributed by atoms with Crippen LogP contribution in [0.4, 0.5) is 0 Å². The monoisotopic (exact) mass is 625 g/mol. The molecule has 3 aromatic rings. The predicted octanol–water partition coefficient (Wildman–Crippen LogP) is 6.46. The molecule has 0 saturated carbocycles. The second kappa shape index (κ2) is 11.3. The number of rotatable bonds is 8. The lowest BCUT2D eigenvalue weighted by atomic mass is 10.2. The average Bonchev–Trinajstić information content (AvgIpc) is 2.78. The van der Waals surface area contributed by atoms with Crippen LogP contribution in [-0.4, -0.2) is 28.6 Å². The van der Waals surface area contributed by atoms with Crippen LogP contribution in [0, 0.1) is 0 Å². The van der Waals surface area contributed by atoms with Crippen molar-refractivity contribution < 1.29 is 19.1 Å². The van der Waals surface area contributed by atoms with E-state index in [1.54, 1.807) is 26.0 Å². The van der Waals surface area contributed by atoms with Gasteiger partial charge in [0.05, 0.1) is 16.5 Å².